The van der Waals surface area contributed by atoms with Gasteiger partial charge in [0.15, 0.2) is 0 Å². The van der Waals surface area contributed by atoms with E-state index in [1.54, 1.807) is 61.5 Å². The number of anilines is 1. The molecule has 0 aliphatic carbocycles. The molecule has 8 heteroatoms. The summed E-state index contributed by atoms with van der Waals surface area (Å²) in [5, 5.41) is 7.67. The Morgan fingerprint density at radius 3 is 2.27 bits per heavy atom. The lowest BCUT2D eigenvalue weighted by Crippen LogP contribution is -2.19. The molecule has 0 aliphatic heterocycles. The van der Waals surface area contributed by atoms with Gasteiger partial charge >= 0.3 is 0 Å². The summed E-state index contributed by atoms with van der Waals surface area (Å²) in [7, 11) is 0. The first-order valence-electron chi connectivity index (χ1n) is 8.81. The molecule has 0 spiro atoms. The molecule has 2 amide bonds. The van der Waals surface area contributed by atoms with Crippen molar-refractivity contribution < 1.29 is 9.59 Å². The lowest BCUT2D eigenvalue weighted by atomic mass is 10.1. The third-order valence-corrected chi connectivity index (χ3v) is 5.42. The van der Waals surface area contributed by atoms with Crippen LogP contribution in [0.3, 0.4) is 0 Å². The van der Waals surface area contributed by atoms with Crippen LogP contribution in [-0.4, -0.2) is 17.5 Å². The molecule has 3 aromatic rings. The van der Waals surface area contributed by atoms with Gasteiger partial charge in [0.2, 0.25) is 0 Å². The van der Waals surface area contributed by atoms with Gasteiger partial charge in [-0.05, 0) is 70.9 Å². The Hall–Kier alpha value is -2.67. The van der Waals surface area contributed by atoms with Gasteiger partial charge in [-0.3, -0.25) is 9.59 Å². The zero-order chi connectivity index (χ0) is 21.7. The molecular formula is C22H16BrCl2N3O2. The van der Waals surface area contributed by atoms with Gasteiger partial charge in [0.05, 0.1) is 21.9 Å². The predicted octanol–water partition coefficient (Wildman–Crippen LogP) is 6.16. The number of carbonyl (C=O) groups is 2. The molecular weight excluding hydrogens is 489 g/mol. The zero-order valence-electron chi connectivity index (χ0n) is 15.7. The van der Waals surface area contributed by atoms with E-state index in [0.29, 0.717) is 32.0 Å². The first kappa shape index (κ1) is 22.0. The van der Waals surface area contributed by atoms with E-state index in [9.17, 15) is 9.59 Å². The van der Waals surface area contributed by atoms with Crippen molar-refractivity contribution in [2.45, 2.75) is 6.92 Å². The number of halogens is 3. The van der Waals surface area contributed by atoms with Crippen LogP contribution in [0.2, 0.25) is 10.0 Å². The van der Waals surface area contributed by atoms with Crippen molar-refractivity contribution in [3.8, 4) is 0 Å². The minimum Gasteiger partial charge on any atom is -0.322 e. The smallest absolute Gasteiger partial charge is 0.272 e. The zero-order valence-corrected chi connectivity index (χ0v) is 18.8. The van der Waals surface area contributed by atoms with Crippen LogP contribution in [0.5, 0.6) is 0 Å². The molecule has 0 aromatic heterocycles. The van der Waals surface area contributed by atoms with Crippen LogP contribution in [0, 0.1) is 0 Å². The highest BCUT2D eigenvalue weighted by molar-refractivity contribution is 9.10. The molecule has 3 rings (SSSR count). The molecule has 5 nitrogen and oxygen atoms in total. The van der Waals surface area contributed by atoms with Crippen LogP contribution in [0.15, 0.2) is 76.3 Å². The molecule has 152 valence electrons. The minimum atomic E-state index is -0.337. The average Bonchev–Trinajstić information content (AvgIpc) is 2.72. The van der Waals surface area contributed by atoms with Crippen molar-refractivity contribution in [1.82, 2.24) is 5.43 Å². The molecule has 0 saturated carbocycles. The van der Waals surface area contributed by atoms with Gasteiger partial charge in [-0.2, -0.15) is 5.10 Å². The quantitative estimate of drug-likeness (QED) is 0.322. The van der Waals surface area contributed by atoms with Gasteiger partial charge in [-0.1, -0.05) is 47.5 Å². The number of nitrogens with zero attached hydrogens (tertiary/aromatic N) is 1. The molecule has 2 N–H and O–H groups in total. The predicted molar refractivity (Wildman–Crippen MR) is 125 cm³/mol. The SMILES string of the molecule is C/C(=N/NC(=O)c1ccccc1Br)c1ccc(NC(=O)c2ccc(Cl)cc2Cl)cc1. The highest BCUT2D eigenvalue weighted by atomic mass is 79.9. The summed E-state index contributed by atoms with van der Waals surface area (Å²) in [6.45, 7) is 1.78. The summed E-state index contributed by atoms with van der Waals surface area (Å²) in [6.07, 6.45) is 0. The van der Waals surface area contributed by atoms with Crippen molar-refractivity contribution in [2.24, 2.45) is 5.10 Å². The molecule has 0 radical (unpaired) electrons. The van der Waals surface area contributed by atoms with Crippen LogP contribution in [0.1, 0.15) is 33.2 Å². The molecule has 0 fully saturated rings. The molecule has 0 bridgehead atoms. The summed E-state index contributed by atoms with van der Waals surface area (Å²) in [5.41, 5.74) is 5.38. The van der Waals surface area contributed by atoms with Gasteiger partial charge in [0, 0.05) is 15.2 Å². The van der Waals surface area contributed by atoms with Crippen LogP contribution in [0.25, 0.3) is 0 Å². The standard InChI is InChI=1S/C22H16BrCl2N3O2/c1-13(27-28-22(30)17-4-2-3-5-19(17)23)14-6-9-16(10-7-14)26-21(29)18-11-8-15(24)12-20(18)25/h2-12H,1H3,(H,26,29)(H,28,30)/b27-13-. The number of carbonyl (C=O) groups excluding carboxylic acids is 2. The van der Waals surface area contributed by atoms with Gasteiger partial charge in [-0.25, -0.2) is 5.43 Å². The number of hydrogen-bond acceptors (Lipinski definition) is 3. The van der Waals surface area contributed by atoms with E-state index in [2.05, 4.69) is 31.8 Å². The van der Waals surface area contributed by atoms with E-state index in [-0.39, 0.29) is 16.8 Å². The fourth-order valence-corrected chi connectivity index (χ4v) is 3.53. The molecule has 0 aliphatic rings. The molecule has 0 unspecified atom stereocenters. The van der Waals surface area contributed by atoms with Crippen LogP contribution in [-0.2, 0) is 0 Å². The van der Waals surface area contributed by atoms with E-state index in [4.69, 9.17) is 23.2 Å². The van der Waals surface area contributed by atoms with E-state index >= 15 is 0 Å². The summed E-state index contributed by atoms with van der Waals surface area (Å²) in [5.74, 6) is -0.652. The topological polar surface area (TPSA) is 70.6 Å². The summed E-state index contributed by atoms with van der Waals surface area (Å²) < 4.78 is 0.691. The normalized spacial score (nSPS) is 11.1. The first-order valence-corrected chi connectivity index (χ1v) is 10.4. The lowest BCUT2D eigenvalue weighted by Gasteiger charge is -2.08. The van der Waals surface area contributed by atoms with Crippen LogP contribution in [0.4, 0.5) is 5.69 Å². The second-order valence-electron chi connectivity index (χ2n) is 6.27. The molecule has 0 saturated heterocycles. The largest absolute Gasteiger partial charge is 0.322 e. The van der Waals surface area contributed by atoms with Gasteiger partial charge < -0.3 is 5.32 Å². The van der Waals surface area contributed by atoms with Crippen molar-refractivity contribution >= 4 is 62.3 Å². The number of benzene rings is 3. The second kappa shape index (κ2) is 9.89. The van der Waals surface area contributed by atoms with Gasteiger partial charge in [0.1, 0.15) is 0 Å². The van der Waals surface area contributed by atoms with Crippen LogP contribution >= 0.6 is 39.1 Å². The Bertz CT molecular complexity index is 1130. The van der Waals surface area contributed by atoms with Crippen molar-refractivity contribution in [3.63, 3.8) is 0 Å². The summed E-state index contributed by atoms with van der Waals surface area (Å²) in [6, 6.07) is 18.9. The highest BCUT2D eigenvalue weighted by Gasteiger charge is 2.12. The van der Waals surface area contributed by atoms with E-state index < -0.39 is 0 Å². The van der Waals surface area contributed by atoms with E-state index in [1.165, 1.54) is 6.07 Å². The van der Waals surface area contributed by atoms with Gasteiger partial charge in [-0.15, -0.1) is 0 Å². The minimum absolute atomic E-state index is 0.278. The number of rotatable bonds is 5. The molecule has 30 heavy (non-hydrogen) atoms. The average molecular weight is 505 g/mol. The number of hydrogen-bond donors (Lipinski definition) is 2. The van der Waals surface area contributed by atoms with Gasteiger partial charge in [0.25, 0.3) is 11.8 Å². The monoisotopic (exact) mass is 503 g/mol. The maximum absolute atomic E-state index is 12.4. The Morgan fingerprint density at radius 1 is 0.900 bits per heavy atom. The number of amides is 2. The van der Waals surface area contributed by atoms with E-state index in [1.807, 2.05) is 6.07 Å². The Labute approximate surface area is 192 Å². The Kier molecular flexibility index (Phi) is 7.26. The number of nitrogens with one attached hydrogen (secondary N) is 2. The fourth-order valence-electron chi connectivity index (χ4n) is 2.57. The summed E-state index contributed by atoms with van der Waals surface area (Å²) >= 11 is 15.3. The molecule has 3 aromatic carbocycles. The Balaban J connectivity index is 1.66. The molecule has 0 heterocycles. The van der Waals surface area contributed by atoms with Crippen molar-refractivity contribution in [3.05, 3.63) is 97.9 Å². The maximum atomic E-state index is 12.4. The van der Waals surface area contributed by atoms with Crippen molar-refractivity contribution in [2.75, 3.05) is 5.32 Å². The number of hydrazone groups is 1. The summed E-state index contributed by atoms with van der Waals surface area (Å²) in [4.78, 5) is 24.6. The lowest BCUT2D eigenvalue weighted by molar-refractivity contribution is 0.0953. The third kappa shape index (κ3) is 5.48. The molecule has 0 atom stereocenters. The maximum Gasteiger partial charge on any atom is 0.272 e. The third-order valence-electron chi connectivity index (χ3n) is 4.18. The Morgan fingerprint density at radius 2 is 1.60 bits per heavy atom. The fraction of sp³-hybridized carbons (Fsp3) is 0.0455. The highest BCUT2D eigenvalue weighted by Crippen LogP contribution is 2.22. The second-order valence-corrected chi connectivity index (χ2v) is 7.97. The van der Waals surface area contributed by atoms with E-state index in [0.717, 1.165) is 5.56 Å². The first-order chi connectivity index (χ1) is 14.3. The van der Waals surface area contributed by atoms with Crippen LogP contribution < -0.4 is 10.7 Å². The van der Waals surface area contributed by atoms with Crippen molar-refractivity contribution in [1.29, 1.82) is 0 Å².